The molecule has 0 radical (unpaired) electrons. The number of hydrogen-bond donors (Lipinski definition) is 2. The van der Waals surface area contributed by atoms with E-state index < -0.39 is 10.8 Å². The third-order valence-corrected chi connectivity index (χ3v) is 5.81. The third kappa shape index (κ3) is 5.89. The van der Waals surface area contributed by atoms with Gasteiger partial charge >= 0.3 is 0 Å². The number of amides is 1. The second-order valence-electron chi connectivity index (χ2n) is 8.30. The van der Waals surface area contributed by atoms with Gasteiger partial charge in [0.1, 0.15) is 0 Å². The zero-order valence-electron chi connectivity index (χ0n) is 20.0. The molecule has 1 amide bonds. The number of guanidine groups is 1. The number of nitrogens with one attached hydrogen (secondary N) is 1. The lowest BCUT2D eigenvalue weighted by atomic mass is 10.1. The van der Waals surface area contributed by atoms with E-state index in [0.717, 1.165) is 37.9 Å². The molecule has 1 fully saturated rings. The van der Waals surface area contributed by atoms with E-state index in [9.17, 15) is 14.9 Å². The third-order valence-electron chi connectivity index (χ3n) is 5.81. The van der Waals surface area contributed by atoms with Crippen LogP contribution in [0.25, 0.3) is 0 Å². The van der Waals surface area contributed by atoms with Crippen LogP contribution in [0.1, 0.15) is 35.7 Å². The maximum absolute atomic E-state index is 13.4. The molecule has 1 heterocycles. The molecular formula is C24H33N7O3. The van der Waals surface area contributed by atoms with Crippen molar-refractivity contribution in [1.29, 1.82) is 0 Å². The first-order valence-electron chi connectivity index (χ1n) is 11.5. The van der Waals surface area contributed by atoms with Crippen LogP contribution in [0, 0.1) is 10.1 Å². The van der Waals surface area contributed by atoms with Crippen molar-refractivity contribution < 1.29 is 9.72 Å². The largest absolute Gasteiger partial charge is 0.343 e. The molecule has 0 spiro atoms. The summed E-state index contributed by atoms with van der Waals surface area (Å²) in [5.41, 5.74) is 7.86. The highest BCUT2D eigenvalue weighted by Crippen LogP contribution is 2.28. The van der Waals surface area contributed by atoms with E-state index in [-0.39, 0.29) is 11.3 Å². The predicted molar refractivity (Wildman–Crippen MR) is 134 cm³/mol. The van der Waals surface area contributed by atoms with Crippen molar-refractivity contribution in [2.75, 3.05) is 45.6 Å². The molecule has 10 nitrogen and oxygen atoms in total. The number of non-ortho nitro benzene ring substituents is 1. The highest BCUT2D eigenvalue weighted by atomic mass is 16.6. The number of aliphatic imine (C=N–C) groups is 1. The van der Waals surface area contributed by atoms with Crippen molar-refractivity contribution in [2.45, 2.75) is 26.2 Å². The minimum Gasteiger partial charge on any atom is -0.343 e. The second kappa shape index (κ2) is 11.6. The number of para-hydroxylation sites is 1. The Morgan fingerprint density at radius 3 is 2.68 bits per heavy atom. The molecule has 1 aliphatic rings. The number of nitro benzene ring substituents is 1. The first-order valence-corrected chi connectivity index (χ1v) is 11.5. The Balaban J connectivity index is 2.02. The molecule has 10 heteroatoms. The van der Waals surface area contributed by atoms with E-state index in [0.29, 0.717) is 30.4 Å². The average Bonchev–Trinajstić information content (AvgIpc) is 2.83. The zero-order valence-corrected chi connectivity index (χ0v) is 20.0. The van der Waals surface area contributed by atoms with Gasteiger partial charge in [-0.3, -0.25) is 19.9 Å². The molecule has 2 aromatic rings. The van der Waals surface area contributed by atoms with Crippen LogP contribution in [0.5, 0.6) is 0 Å². The Kier molecular flexibility index (Phi) is 8.55. The minimum absolute atomic E-state index is 0.140. The Morgan fingerprint density at radius 1 is 1.21 bits per heavy atom. The fraction of sp³-hybridized carbons (Fsp3) is 0.417. The molecule has 0 saturated carbocycles. The highest BCUT2D eigenvalue weighted by Gasteiger charge is 2.26. The number of nitrogens with two attached hydrogens (primary N) is 1. The summed E-state index contributed by atoms with van der Waals surface area (Å²) in [5.74, 6) is 0.189. The topological polar surface area (TPSA) is 120 Å². The summed E-state index contributed by atoms with van der Waals surface area (Å²) in [7, 11) is 3.87. The van der Waals surface area contributed by atoms with Gasteiger partial charge in [-0.1, -0.05) is 31.5 Å². The molecular weight excluding hydrogens is 434 g/mol. The monoisotopic (exact) mass is 467 g/mol. The number of carbonyl (C=O) groups excluding carboxylic acids is 1. The van der Waals surface area contributed by atoms with Crippen molar-refractivity contribution in [2.24, 2.45) is 10.7 Å². The normalized spacial score (nSPS) is 15.6. The summed E-state index contributed by atoms with van der Waals surface area (Å²) in [6.45, 7) is 4.65. The molecule has 2 aromatic carbocycles. The lowest BCUT2D eigenvalue weighted by Crippen LogP contribution is -2.58. The number of unbranched alkanes of at least 4 members (excludes halogenated alkanes) is 1. The van der Waals surface area contributed by atoms with E-state index in [1.54, 1.807) is 0 Å². The molecule has 0 unspecified atom stereocenters. The van der Waals surface area contributed by atoms with Gasteiger partial charge in [-0.2, -0.15) is 0 Å². The number of rotatable bonds is 9. The van der Waals surface area contributed by atoms with Crippen LogP contribution < -0.4 is 11.1 Å². The lowest BCUT2D eigenvalue weighted by Gasteiger charge is -2.43. The van der Waals surface area contributed by atoms with Crippen LogP contribution in [0.15, 0.2) is 47.5 Å². The number of hydrogen-bond acceptors (Lipinski definition) is 6. The van der Waals surface area contributed by atoms with E-state index in [4.69, 9.17) is 10.7 Å². The number of carbonyl (C=O) groups is 1. The van der Waals surface area contributed by atoms with Crippen molar-refractivity contribution in [3.05, 3.63) is 63.7 Å². The number of anilines is 1. The molecule has 3 rings (SSSR count). The Morgan fingerprint density at radius 2 is 1.97 bits per heavy atom. The van der Waals surface area contributed by atoms with Crippen molar-refractivity contribution >= 4 is 28.9 Å². The number of likely N-dealkylation sites (N-methyl/N-ethyl adjacent to an activating group) is 2. The number of hydrazine groups is 1. The summed E-state index contributed by atoms with van der Waals surface area (Å²) in [6.07, 6.45) is 2.87. The molecule has 0 bridgehead atoms. The van der Waals surface area contributed by atoms with Gasteiger partial charge < -0.3 is 16.0 Å². The molecule has 1 aliphatic heterocycles. The fourth-order valence-electron chi connectivity index (χ4n) is 3.84. The molecule has 182 valence electrons. The van der Waals surface area contributed by atoms with Crippen LogP contribution in [-0.4, -0.2) is 72.0 Å². The minimum atomic E-state index is -0.510. The first kappa shape index (κ1) is 25.1. The van der Waals surface area contributed by atoms with Crippen LogP contribution in [-0.2, 0) is 6.42 Å². The van der Waals surface area contributed by atoms with E-state index >= 15 is 0 Å². The number of benzene rings is 2. The van der Waals surface area contributed by atoms with Gasteiger partial charge in [-0.25, -0.2) is 10.0 Å². The van der Waals surface area contributed by atoms with Crippen LogP contribution in [0.2, 0.25) is 0 Å². The number of nitrogens with zero attached hydrogens (tertiary/aromatic N) is 5. The summed E-state index contributed by atoms with van der Waals surface area (Å²) >= 11 is 0. The Hall–Kier alpha value is -3.50. The summed E-state index contributed by atoms with van der Waals surface area (Å²) < 4.78 is 0. The van der Waals surface area contributed by atoms with E-state index in [1.807, 2.05) is 53.3 Å². The van der Waals surface area contributed by atoms with Crippen molar-refractivity contribution in [3.8, 4) is 0 Å². The standard InChI is InChI=1S/C24H33N7O3/c1-4-5-8-18-9-6-7-10-21(18)26-23(32)20-17-19(31(33)34)11-12-22(20)27-24-28(2)15-16-29(3)30(24)14-13-25/h6-7,9-12,17H,4-5,8,13-16,25H2,1-3H3,(H,26,32)/b27-24-. The van der Waals surface area contributed by atoms with Gasteiger partial charge in [0.25, 0.3) is 11.6 Å². The quantitative estimate of drug-likeness (QED) is 0.429. The molecule has 0 aromatic heterocycles. The molecule has 3 N–H and O–H groups in total. The van der Waals surface area contributed by atoms with E-state index in [2.05, 4.69) is 12.2 Å². The maximum Gasteiger partial charge on any atom is 0.270 e. The summed E-state index contributed by atoms with van der Waals surface area (Å²) in [5, 5.41) is 18.4. The van der Waals surface area contributed by atoms with Crippen molar-refractivity contribution in [3.63, 3.8) is 0 Å². The fourth-order valence-corrected chi connectivity index (χ4v) is 3.84. The van der Waals surface area contributed by atoms with Gasteiger partial charge in [0.15, 0.2) is 0 Å². The molecule has 34 heavy (non-hydrogen) atoms. The van der Waals surface area contributed by atoms with Gasteiger partial charge in [0, 0.05) is 58.1 Å². The Bertz CT molecular complexity index is 1060. The molecule has 0 aliphatic carbocycles. The summed E-state index contributed by atoms with van der Waals surface area (Å²) in [6, 6.07) is 11.8. The average molecular weight is 468 g/mol. The Labute approximate surface area is 200 Å². The second-order valence-corrected chi connectivity index (χ2v) is 8.30. The van der Waals surface area contributed by atoms with Gasteiger partial charge in [-0.05, 0) is 30.5 Å². The van der Waals surface area contributed by atoms with Crippen LogP contribution >= 0.6 is 0 Å². The smallest absolute Gasteiger partial charge is 0.270 e. The zero-order chi connectivity index (χ0) is 24.7. The van der Waals surface area contributed by atoms with Gasteiger partial charge in [-0.15, -0.1) is 0 Å². The predicted octanol–water partition coefficient (Wildman–Crippen LogP) is 3.23. The molecule has 1 saturated heterocycles. The number of nitro groups is 1. The van der Waals surface area contributed by atoms with E-state index in [1.165, 1.54) is 18.2 Å². The van der Waals surface area contributed by atoms with Gasteiger partial charge in [0.2, 0.25) is 5.96 Å². The maximum atomic E-state index is 13.4. The van der Waals surface area contributed by atoms with Gasteiger partial charge in [0.05, 0.1) is 16.2 Å². The van der Waals surface area contributed by atoms with Crippen molar-refractivity contribution in [1.82, 2.24) is 14.9 Å². The highest BCUT2D eigenvalue weighted by molar-refractivity contribution is 6.09. The number of aryl methyl sites for hydroxylation is 1. The van der Waals surface area contributed by atoms with Crippen LogP contribution in [0.3, 0.4) is 0 Å². The molecule has 0 atom stereocenters. The SMILES string of the molecule is CCCCc1ccccc1NC(=O)c1cc([N+](=O)[O-])ccc1/N=C1/N(C)CCN(C)N1CCN. The lowest BCUT2D eigenvalue weighted by molar-refractivity contribution is -0.384. The van der Waals surface area contributed by atoms with Crippen LogP contribution in [0.4, 0.5) is 17.1 Å². The first-order chi connectivity index (χ1) is 16.3. The summed E-state index contributed by atoms with van der Waals surface area (Å²) in [4.78, 5) is 31.1.